The molecule has 1 amide bonds. The minimum atomic E-state index is -0.0230. The monoisotopic (exact) mass is 199 g/mol. The molecule has 0 rings (SSSR count). The van der Waals surface area contributed by atoms with E-state index in [1.807, 2.05) is 0 Å². The Balaban J connectivity index is 3.11. The average molecular weight is 199 g/mol. The van der Waals surface area contributed by atoms with Gasteiger partial charge in [0.05, 0.1) is 13.2 Å². The van der Waals surface area contributed by atoms with E-state index in [0.29, 0.717) is 32.6 Å². The molecule has 0 saturated carbocycles. The highest BCUT2D eigenvalue weighted by atomic mass is 16.5. The number of rotatable bonds is 8. The van der Waals surface area contributed by atoms with Gasteiger partial charge in [-0.2, -0.15) is 0 Å². The van der Waals surface area contributed by atoms with Gasteiger partial charge in [-0.05, 0) is 6.42 Å². The zero-order valence-corrected chi connectivity index (χ0v) is 8.29. The van der Waals surface area contributed by atoms with Crippen LogP contribution in [0.5, 0.6) is 0 Å². The number of hydrogen-bond acceptors (Lipinski definition) is 3. The van der Waals surface area contributed by atoms with Crippen LogP contribution in [0, 0.1) is 12.3 Å². The fourth-order valence-corrected chi connectivity index (χ4v) is 0.843. The second kappa shape index (κ2) is 10.0. The molecule has 0 heterocycles. The molecule has 80 valence electrons. The molecule has 0 aliphatic rings. The van der Waals surface area contributed by atoms with Crippen LogP contribution in [0.2, 0.25) is 0 Å². The molecular weight excluding hydrogens is 182 g/mol. The number of ether oxygens (including phenoxy) is 1. The van der Waals surface area contributed by atoms with E-state index in [9.17, 15) is 4.79 Å². The Labute approximate surface area is 84.6 Å². The van der Waals surface area contributed by atoms with E-state index in [0.717, 1.165) is 6.42 Å². The quantitative estimate of drug-likeness (QED) is 0.424. The highest BCUT2D eigenvalue weighted by Crippen LogP contribution is 1.86. The molecule has 14 heavy (non-hydrogen) atoms. The Kier molecular flexibility index (Phi) is 9.28. The number of carbonyl (C=O) groups is 1. The van der Waals surface area contributed by atoms with E-state index in [2.05, 4.69) is 11.2 Å². The third kappa shape index (κ3) is 9.04. The lowest BCUT2D eigenvalue weighted by atomic mass is 10.3. The lowest BCUT2D eigenvalue weighted by Crippen LogP contribution is -2.24. The van der Waals surface area contributed by atoms with Crippen molar-refractivity contribution >= 4 is 5.91 Å². The maximum Gasteiger partial charge on any atom is 0.220 e. The second-order valence-electron chi connectivity index (χ2n) is 2.74. The van der Waals surface area contributed by atoms with Crippen molar-refractivity contribution < 1.29 is 14.6 Å². The molecule has 0 aromatic rings. The van der Waals surface area contributed by atoms with Crippen molar-refractivity contribution in [3.05, 3.63) is 0 Å². The summed E-state index contributed by atoms with van der Waals surface area (Å²) in [6.45, 7) is 1.53. The minimum Gasteiger partial charge on any atom is -0.394 e. The zero-order chi connectivity index (χ0) is 10.6. The maximum atomic E-state index is 11.0. The zero-order valence-electron chi connectivity index (χ0n) is 8.29. The van der Waals surface area contributed by atoms with Crippen LogP contribution >= 0.6 is 0 Å². The van der Waals surface area contributed by atoms with Gasteiger partial charge in [0.15, 0.2) is 0 Å². The van der Waals surface area contributed by atoms with Crippen LogP contribution in [0.4, 0.5) is 0 Å². The Bertz CT molecular complexity index is 186. The molecule has 0 unspecified atom stereocenters. The molecule has 0 aliphatic heterocycles. The SMILES string of the molecule is C#CCCC(=O)NCCCOCCO. The summed E-state index contributed by atoms with van der Waals surface area (Å²) in [6, 6.07) is 0. The summed E-state index contributed by atoms with van der Waals surface area (Å²) in [5, 5.41) is 11.1. The van der Waals surface area contributed by atoms with Crippen LogP contribution in [0.1, 0.15) is 19.3 Å². The lowest BCUT2D eigenvalue weighted by Gasteiger charge is -2.04. The molecule has 2 N–H and O–H groups in total. The third-order valence-corrected chi connectivity index (χ3v) is 1.52. The summed E-state index contributed by atoms with van der Waals surface area (Å²) in [6.07, 6.45) is 6.63. The van der Waals surface area contributed by atoms with E-state index < -0.39 is 0 Å². The van der Waals surface area contributed by atoms with Gasteiger partial charge in [-0.3, -0.25) is 4.79 Å². The van der Waals surface area contributed by atoms with Gasteiger partial charge in [0.2, 0.25) is 5.91 Å². The molecule has 0 fully saturated rings. The summed E-state index contributed by atoms with van der Waals surface area (Å²) in [5.74, 6) is 2.38. The summed E-state index contributed by atoms with van der Waals surface area (Å²) in [5.41, 5.74) is 0. The highest BCUT2D eigenvalue weighted by Gasteiger charge is 1.97. The summed E-state index contributed by atoms with van der Waals surface area (Å²) in [4.78, 5) is 11.0. The Morgan fingerprint density at radius 1 is 1.50 bits per heavy atom. The molecule has 0 atom stereocenters. The smallest absolute Gasteiger partial charge is 0.220 e. The molecular formula is C10H17NO3. The second-order valence-corrected chi connectivity index (χ2v) is 2.74. The number of hydrogen-bond donors (Lipinski definition) is 2. The predicted molar refractivity (Wildman–Crippen MR) is 53.6 cm³/mol. The average Bonchev–Trinajstić information content (AvgIpc) is 2.20. The fraction of sp³-hybridized carbons (Fsp3) is 0.700. The van der Waals surface area contributed by atoms with Gasteiger partial charge in [-0.15, -0.1) is 12.3 Å². The van der Waals surface area contributed by atoms with E-state index in [-0.39, 0.29) is 12.5 Å². The fourth-order valence-electron chi connectivity index (χ4n) is 0.843. The van der Waals surface area contributed by atoms with Crippen molar-refractivity contribution in [1.29, 1.82) is 0 Å². The number of aliphatic hydroxyl groups excluding tert-OH is 1. The maximum absolute atomic E-state index is 11.0. The van der Waals surface area contributed by atoms with Crippen LogP contribution < -0.4 is 5.32 Å². The molecule has 0 bridgehead atoms. The van der Waals surface area contributed by atoms with Crippen LogP contribution in [0.15, 0.2) is 0 Å². The van der Waals surface area contributed by atoms with Crippen LogP contribution in [0.3, 0.4) is 0 Å². The summed E-state index contributed by atoms with van der Waals surface area (Å²) >= 11 is 0. The molecule has 0 spiro atoms. The lowest BCUT2D eigenvalue weighted by molar-refractivity contribution is -0.121. The first-order valence-corrected chi connectivity index (χ1v) is 4.70. The number of nitrogens with one attached hydrogen (secondary N) is 1. The molecule has 0 saturated heterocycles. The van der Waals surface area contributed by atoms with E-state index >= 15 is 0 Å². The van der Waals surface area contributed by atoms with E-state index in [4.69, 9.17) is 16.3 Å². The van der Waals surface area contributed by atoms with Crippen molar-refractivity contribution in [1.82, 2.24) is 5.32 Å². The first-order valence-electron chi connectivity index (χ1n) is 4.70. The van der Waals surface area contributed by atoms with Gasteiger partial charge >= 0.3 is 0 Å². The predicted octanol–water partition coefficient (Wildman–Crippen LogP) is -0.0850. The number of amides is 1. The van der Waals surface area contributed by atoms with Crippen molar-refractivity contribution in [3.63, 3.8) is 0 Å². The van der Waals surface area contributed by atoms with Crippen LogP contribution in [0.25, 0.3) is 0 Å². The molecule has 4 nitrogen and oxygen atoms in total. The topological polar surface area (TPSA) is 58.6 Å². The molecule has 0 aromatic heterocycles. The van der Waals surface area contributed by atoms with Gasteiger partial charge < -0.3 is 15.2 Å². The van der Waals surface area contributed by atoms with E-state index in [1.54, 1.807) is 0 Å². The minimum absolute atomic E-state index is 0.0230. The van der Waals surface area contributed by atoms with Gasteiger partial charge in [0.25, 0.3) is 0 Å². The first kappa shape index (κ1) is 12.9. The van der Waals surface area contributed by atoms with E-state index in [1.165, 1.54) is 0 Å². The number of aliphatic hydroxyl groups is 1. The Morgan fingerprint density at radius 2 is 2.29 bits per heavy atom. The summed E-state index contributed by atoms with van der Waals surface area (Å²) in [7, 11) is 0. The standard InChI is InChI=1S/C10H17NO3/c1-2-3-5-10(13)11-6-4-8-14-9-7-12/h1,12H,3-9H2,(H,11,13). The van der Waals surface area contributed by atoms with Crippen LogP contribution in [-0.2, 0) is 9.53 Å². The van der Waals surface area contributed by atoms with Crippen molar-refractivity contribution in [3.8, 4) is 12.3 Å². The van der Waals surface area contributed by atoms with Gasteiger partial charge in [-0.25, -0.2) is 0 Å². The van der Waals surface area contributed by atoms with Crippen molar-refractivity contribution in [2.75, 3.05) is 26.4 Å². The summed E-state index contributed by atoms with van der Waals surface area (Å²) < 4.78 is 5.01. The van der Waals surface area contributed by atoms with Gasteiger partial charge in [0, 0.05) is 26.0 Å². The Morgan fingerprint density at radius 3 is 2.93 bits per heavy atom. The van der Waals surface area contributed by atoms with Crippen LogP contribution in [-0.4, -0.2) is 37.4 Å². The molecule has 0 aromatic carbocycles. The largest absolute Gasteiger partial charge is 0.394 e. The Hall–Kier alpha value is -1.05. The van der Waals surface area contributed by atoms with Gasteiger partial charge in [0.1, 0.15) is 0 Å². The number of carbonyl (C=O) groups excluding carboxylic acids is 1. The molecule has 0 radical (unpaired) electrons. The highest BCUT2D eigenvalue weighted by molar-refractivity contribution is 5.76. The normalized spacial score (nSPS) is 9.43. The van der Waals surface area contributed by atoms with Crippen molar-refractivity contribution in [2.45, 2.75) is 19.3 Å². The molecule has 0 aliphatic carbocycles. The van der Waals surface area contributed by atoms with Gasteiger partial charge in [-0.1, -0.05) is 0 Å². The third-order valence-electron chi connectivity index (χ3n) is 1.52. The van der Waals surface area contributed by atoms with Crippen molar-refractivity contribution in [2.24, 2.45) is 0 Å². The first-order chi connectivity index (χ1) is 6.81. The number of terminal acetylenes is 1. The molecule has 4 heteroatoms.